The van der Waals surface area contributed by atoms with Gasteiger partial charge in [0.1, 0.15) is 5.69 Å². The summed E-state index contributed by atoms with van der Waals surface area (Å²) in [6, 6.07) is 3.97. The maximum absolute atomic E-state index is 12.3. The SMILES string of the molecule is CNc1ccnc(C(=O)N2CC(C)CC2C)c1. The van der Waals surface area contributed by atoms with Crippen LogP contribution in [0.2, 0.25) is 0 Å². The van der Waals surface area contributed by atoms with Crippen LogP contribution in [0.5, 0.6) is 0 Å². The van der Waals surface area contributed by atoms with Gasteiger partial charge in [-0.1, -0.05) is 6.92 Å². The molecule has 2 rings (SSSR count). The van der Waals surface area contributed by atoms with Crippen LogP contribution in [-0.2, 0) is 0 Å². The molecule has 4 nitrogen and oxygen atoms in total. The summed E-state index contributed by atoms with van der Waals surface area (Å²) in [5.41, 5.74) is 1.45. The third-order valence-electron chi connectivity index (χ3n) is 3.31. The molecular formula is C13H19N3O. The van der Waals surface area contributed by atoms with Crippen LogP contribution in [0.15, 0.2) is 18.3 Å². The van der Waals surface area contributed by atoms with Crippen LogP contribution < -0.4 is 5.32 Å². The fourth-order valence-corrected chi connectivity index (χ4v) is 2.43. The van der Waals surface area contributed by atoms with Gasteiger partial charge < -0.3 is 10.2 Å². The lowest BCUT2D eigenvalue weighted by Gasteiger charge is -2.21. The van der Waals surface area contributed by atoms with Gasteiger partial charge in [-0.3, -0.25) is 9.78 Å². The van der Waals surface area contributed by atoms with E-state index in [0.29, 0.717) is 17.7 Å². The molecule has 2 atom stereocenters. The predicted octanol–water partition coefficient (Wildman–Crippen LogP) is 1.99. The maximum atomic E-state index is 12.3. The van der Waals surface area contributed by atoms with Crippen LogP contribution in [0.4, 0.5) is 5.69 Å². The van der Waals surface area contributed by atoms with Crippen molar-refractivity contribution in [2.75, 3.05) is 18.9 Å². The van der Waals surface area contributed by atoms with Crippen LogP contribution in [0.1, 0.15) is 30.8 Å². The molecule has 4 heteroatoms. The van der Waals surface area contributed by atoms with Gasteiger partial charge in [-0.2, -0.15) is 0 Å². The first kappa shape index (κ1) is 11.9. The zero-order valence-electron chi connectivity index (χ0n) is 10.6. The molecule has 1 aliphatic rings. The Kier molecular flexibility index (Phi) is 3.31. The van der Waals surface area contributed by atoms with E-state index in [9.17, 15) is 4.79 Å². The van der Waals surface area contributed by atoms with E-state index in [1.807, 2.05) is 18.0 Å². The van der Waals surface area contributed by atoms with Crippen LogP contribution in [0.25, 0.3) is 0 Å². The molecule has 1 aliphatic heterocycles. The normalized spacial score (nSPS) is 23.8. The summed E-state index contributed by atoms with van der Waals surface area (Å²) in [6.07, 6.45) is 2.75. The first-order chi connectivity index (χ1) is 8.11. The number of nitrogens with one attached hydrogen (secondary N) is 1. The van der Waals surface area contributed by atoms with Gasteiger partial charge in [-0.25, -0.2) is 0 Å². The molecule has 0 aromatic carbocycles. The second kappa shape index (κ2) is 4.73. The van der Waals surface area contributed by atoms with Gasteiger partial charge in [-0.15, -0.1) is 0 Å². The lowest BCUT2D eigenvalue weighted by Crippen LogP contribution is -2.34. The zero-order chi connectivity index (χ0) is 12.4. The Hall–Kier alpha value is -1.58. The summed E-state index contributed by atoms with van der Waals surface area (Å²) < 4.78 is 0. The van der Waals surface area contributed by atoms with E-state index >= 15 is 0 Å². The standard InChI is InChI=1S/C13H19N3O/c1-9-6-10(2)16(8-9)13(17)12-7-11(14-3)4-5-15-12/h4-5,7,9-10H,6,8H2,1-3H3,(H,14,15). The minimum Gasteiger partial charge on any atom is -0.388 e. The first-order valence-corrected chi connectivity index (χ1v) is 6.06. The summed E-state index contributed by atoms with van der Waals surface area (Å²) in [5.74, 6) is 0.625. The molecule has 1 amide bonds. The third kappa shape index (κ3) is 2.40. The largest absolute Gasteiger partial charge is 0.388 e. The van der Waals surface area contributed by atoms with E-state index in [1.165, 1.54) is 0 Å². The van der Waals surface area contributed by atoms with Gasteiger partial charge in [0.25, 0.3) is 5.91 Å². The average Bonchev–Trinajstić information content (AvgIpc) is 2.67. The van der Waals surface area contributed by atoms with Gasteiger partial charge in [-0.05, 0) is 31.4 Å². The number of nitrogens with zero attached hydrogens (tertiary/aromatic N) is 2. The third-order valence-corrected chi connectivity index (χ3v) is 3.31. The Morgan fingerprint density at radius 2 is 2.29 bits per heavy atom. The van der Waals surface area contributed by atoms with Crippen molar-refractivity contribution in [1.29, 1.82) is 0 Å². The Labute approximate surface area is 102 Å². The highest BCUT2D eigenvalue weighted by Gasteiger charge is 2.31. The maximum Gasteiger partial charge on any atom is 0.272 e. The monoisotopic (exact) mass is 233 g/mol. The fraction of sp³-hybridized carbons (Fsp3) is 0.538. The first-order valence-electron chi connectivity index (χ1n) is 6.06. The summed E-state index contributed by atoms with van der Waals surface area (Å²) >= 11 is 0. The van der Waals surface area contributed by atoms with E-state index in [-0.39, 0.29) is 5.91 Å². The van der Waals surface area contributed by atoms with Gasteiger partial charge in [0.05, 0.1) is 0 Å². The topological polar surface area (TPSA) is 45.2 Å². The van der Waals surface area contributed by atoms with Crippen molar-refractivity contribution < 1.29 is 4.79 Å². The molecule has 0 aliphatic carbocycles. The Morgan fingerprint density at radius 1 is 1.53 bits per heavy atom. The smallest absolute Gasteiger partial charge is 0.272 e. The number of rotatable bonds is 2. The van der Waals surface area contributed by atoms with Crippen LogP contribution in [0.3, 0.4) is 0 Å². The molecule has 0 saturated carbocycles. The second-order valence-corrected chi connectivity index (χ2v) is 4.83. The number of carbonyl (C=O) groups excluding carboxylic acids is 1. The number of pyridine rings is 1. The lowest BCUT2D eigenvalue weighted by molar-refractivity contribution is 0.0738. The van der Waals surface area contributed by atoms with Crippen molar-refractivity contribution in [3.05, 3.63) is 24.0 Å². The molecule has 0 bridgehead atoms. The minimum atomic E-state index is 0.0407. The molecule has 2 unspecified atom stereocenters. The molecule has 1 aromatic heterocycles. The van der Waals surface area contributed by atoms with Crippen LogP contribution >= 0.6 is 0 Å². The highest BCUT2D eigenvalue weighted by molar-refractivity contribution is 5.93. The van der Waals surface area contributed by atoms with Crippen molar-refractivity contribution in [3.63, 3.8) is 0 Å². The van der Waals surface area contributed by atoms with Crippen molar-refractivity contribution in [2.45, 2.75) is 26.3 Å². The Bertz CT molecular complexity index is 419. The van der Waals surface area contributed by atoms with Gasteiger partial charge >= 0.3 is 0 Å². The van der Waals surface area contributed by atoms with Crippen molar-refractivity contribution in [1.82, 2.24) is 9.88 Å². The van der Waals surface area contributed by atoms with Gasteiger partial charge in [0.2, 0.25) is 0 Å². The van der Waals surface area contributed by atoms with Crippen molar-refractivity contribution >= 4 is 11.6 Å². The van der Waals surface area contributed by atoms with Gasteiger partial charge in [0.15, 0.2) is 0 Å². The van der Waals surface area contributed by atoms with Crippen molar-refractivity contribution in [2.24, 2.45) is 5.92 Å². The average molecular weight is 233 g/mol. The summed E-state index contributed by atoms with van der Waals surface area (Å²) in [5, 5.41) is 3.02. The number of hydrogen-bond acceptors (Lipinski definition) is 3. The van der Waals surface area contributed by atoms with E-state index < -0.39 is 0 Å². The molecule has 1 aromatic rings. The summed E-state index contributed by atoms with van der Waals surface area (Å²) in [6.45, 7) is 5.12. The molecule has 2 heterocycles. The van der Waals surface area contributed by atoms with E-state index in [2.05, 4.69) is 24.1 Å². The molecular weight excluding hydrogens is 214 g/mol. The predicted molar refractivity (Wildman–Crippen MR) is 68.1 cm³/mol. The number of hydrogen-bond donors (Lipinski definition) is 1. The quantitative estimate of drug-likeness (QED) is 0.849. The second-order valence-electron chi connectivity index (χ2n) is 4.83. The number of carbonyl (C=O) groups is 1. The number of aromatic nitrogens is 1. The summed E-state index contributed by atoms with van der Waals surface area (Å²) in [4.78, 5) is 18.4. The fourth-order valence-electron chi connectivity index (χ4n) is 2.43. The van der Waals surface area contributed by atoms with Crippen LogP contribution in [-0.4, -0.2) is 35.4 Å². The zero-order valence-corrected chi connectivity index (χ0v) is 10.6. The number of anilines is 1. The summed E-state index contributed by atoms with van der Waals surface area (Å²) in [7, 11) is 1.84. The number of amides is 1. The molecule has 92 valence electrons. The Balaban J connectivity index is 2.19. The molecule has 0 spiro atoms. The molecule has 1 saturated heterocycles. The van der Waals surface area contributed by atoms with Gasteiger partial charge in [0, 0.05) is 31.5 Å². The van der Waals surface area contributed by atoms with E-state index in [1.54, 1.807) is 12.3 Å². The molecule has 1 N–H and O–H groups in total. The van der Waals surface area contributed by atoms with E-state index in [4.69, 9.17) is 0 Å². The molecule has 1 fully saturated rings. The van der Waals surface area contributed by atoms with E-state index in [0.717, 1.165) is 18.7 Å². The lowest BCUT2D eigenvalue weighted by atomic mass is 10.1. The highest BCUT2D eigenvalue weighted by atomic mass is 16.2. The minimum absolute atomic E-state index is 0.0407. The highest BCUT2D eigenvalue weighted by Crippen LogP contribution is 2.24. The number of likely N-dealkylation sites (tertiary alicyclic amines) is 1. The van der Waals surface area contributed by atoms with Crippen LogP contribution in [0, 0.1) is 5.92 Å². The Morgan fingerprint density at radius 3 is 2.88 bits per heavy atom. The molecule has 17 heavy (non-hydrogen) atoms. The molecule has 0 radical (unpaired) electrons. The van der Waals surface area contributed by atoms with Crippen molar-refractivity contribution in [3.8, 4) is 0 Å².